The van der Waals surface area contributed by atoms with Crippen LogP contribution in [-0.2, 0) is 18.4 Å². The van der Waals surface area contributed by atoms with Crippen molar-refractivity contribution in [3.05, 3.63) is 16.1 Å². The maximum Gasteiger partial charge on any atom is 0.127 e. The fourth-order valence-corrected chi connectivity index (χ4v) is 3.45. The molecule has 3 rings (SSSR count). The van der Waals surface area contributed by atoms with E-state index in [4.69, 9.17) is 4.98 Å². The van der Waals surface area contributed by atoms with Crippen molar-refractivity contribution < 1.29 is 0 Å². The third-order valence-corrected chi connectivity index (χ3v) is 4.55. The summed E-state index contributed by atoms with van der Waals surface area (Å²) in [7, 11) is 2.04. The normalized spacial score (nSPS) is 21.9. The van der Waals surface area contributed by atoms with Crippen LogP contribution in [0.4, 0.5) is 0 Å². The fourth-order valence-electron chi connectivity index (χ4n) is 2.87. The molecule has 0 bridgehead atoms. The molecule has 1 N–H and O–H groups in total. The summed E-state index contributed by atoms with van der Waals surface area (Å²) < 4.78 is 3.56. The van der Waals surface area contributed by atoms with Gasteiger partial charge in [0.15, 0.2) is 0 Å². The first-order valence-electron chi connectivity index (χ1n) is 6.17. The molecule has 0 spiro atoms. The molecule has 0 aromatic carbocycles. The zero-order valence-electron chi connectivity index (χ0n) is 9.72. The Balaban J connectivity index is 2.01. The molecular weight excluding hydrogens is 266 g/mol. The summed E-state index contributed by atoms with van der Waals surface area (Å²) in [6.07, 6.45) is 6.37. The number of aromatic nitrogens is 2. The first-order valence-corrected chi connectivity index (χ1v) is 6.96. The lowest BCUT2D eigenvalue weighted by Gasteiger charge is -2.21. The Bertz CT molecular complexity index is 407. The minimum Gasteiger partial charge on any atom is -0.330 e. The fraction of sp³-hybridized carbons (Fsp3) is 0.750. The van der Waals surface area contributed by atoms with Crippen LogP contribution in [0.5, 0.6) is 0 Å². The Kier molecular flexibility index (Phi) is 2.59. The molecule has 0 unspecified atom stereocenters. The van der Waals surface area contributed by atoms with Crippen molar-refractivity contribution in [1.82, 2.24) is 14.9 Å². The quantitative estimate of drug-likeness (QED) is 0.922. The zero-order chi connectivity index (χ0) is 11.2. The number of fused-ring (bicyclic) bond motifs is 1. The van der Waals surface area contributed by atoms with Crippen molar-refractivity contribution in [2.45, 2.75) is 44.1 Å². The van der Waals surface area contributed by atoms with Gasteiger partial charge in [0.25, 0.3) is 0 Å². The molecule has 0 saturated heterocycles. The lowest BCUT2D eigenvalue weighted by atomic mass is 10.1. The number of halogens is 1. The summed E-state index contributed by atoms with van der Waals surface area (Å²) in [5, 5.41) is 3.32. The van der Waals surface area contributed by atoms with Gasteiger partial charge >= 0.3 is 0 Å². The Labute approximate surface area is 105 Å². The molecule has 4 heteroatoms. The van der Waals surface area contributed by atoms with Gasteiger partial charge in [0.05, 0.1) is 5.69 Å². The van der Waals surface area contributed by atoms with Crippen LogP contribution in [0, 0.1) is 0 Å². The van der Waals surface area contributed by atoms with Gasteiger partial charge in [-0.3, -0.25) is 0 Å². The highest BCUT2D eigenvalue weighted by molar-refractivity contribution is 9.10. The van der Waals surface area contributed by atoms with Gasteiger partial charge in [0.1, 0.15) is 10.4 Å². The van der Waals surface area contributed by atoms with Crippen molar-refractivity contribution in [1.29, 1.82) is 0 Å². The van der Waals surface area contributed by atoms with Gasteiger partial charge in [0.2, 0.25) is 0 Å². The molecule has 1 aromatic rings. The molecule has 16 heavy (non-hydrogen) atoms. The van der Waals surface area contributed by atoms with Gasteiger partial charge in [-0.1, -0.05) is 0 Å². The molecule has 1 aliphatic heterocycles. The van der Waals surface area contributed by atoms with Gasteiger partial charge < -0.3 is 9.88 Å². The number of nitrogens with zero attached hydrogens (tertiary/aromatic N) is 2. The molecule has 0 radical (unpaired) electrons. The van der Waals surface area contributed by atoms with E-state index in [1.807, 2.05) is 7.05 Å². The highest BCUT2D eigenvalue weighted by Crippen LogP contribution is 2.48. The molecule has 1 aromatic heterocycles. The third-order valence-electron chi connectivity index (χ3n) is 3.91. The second-order valence-corrected chi connectivity index (χ2v) is 5.84. The second-order valence-electron chi connectivity index (χ2n) is 5.09. The Morgan fingerprint density at radius 1 is 1.44 bits per heavy atom. The van der Waals surface area contributed by atoms with Crippen LogP contribution in [0.3, 0.4) is 0 Å². The first kappa shape index (κ1) is 10.8. The van der Waals surface area contributed by atoms with Gasteiger partial charge in [0, 0.05) is 18.5 Å². The maximum absolute atomic E-state index is 4.78. The molecule has 88 valence electrons. The number of rotatable bonds is 3. The van der Waals surface area contributed by atoms with E-state index in [9.17, 15) is 0 Å². The van der Waals surface area contributed by atoms with Gasteiger partial charge in [-0.15, -0.1) is 0 Å². The predicted octanol–water partition coefficient (Wildman–Crippen LogP) is 2.23. The van der Waals surface area contributed by atoms with Crippen LogP contribution >= 0.6 is 15.9 Å². The Hall–Kier alpha value is -0.350. The van der Waals surface area contributed by atoms with Gasteiger partial charge in [-0.2, -0.15) is 0 Å². The van der Waals surface area contributed by atoms with Crippen LogP contribution in [0.15, 0.2) is 4.60 Å². The van der Waals surface area contributed by atoms with E-state index in [-0.39, 0.29) is 0 Å². The summed E-state index contributed by atoms with van der Waals surface area (Å²) >= 11 is 3.62. The van der Waals surface area contributed by atoms with E-state index >= 15 is 0 Å². The Morgan fingerprint density at radius 3 is 2.94 bits per heavy atom. The predicted molar refractivity (Wildman–Crippen MR) is 67.7 cm³/mol. The second kappa shape index (κ2) is 3.84. The minimum absolute atomic E-state index is 0.340. The standard InChI is InChI=1S/C12H18BrN3/c1-14-8-12(5-6-12)11-15-10(13)9-4-2-3-7-16(9)11/h14H,2-8H2,1H3. The van der Waals surface area contributed by atoms with Crippen molar-refractivity contribution in [3.8, 4) is 0 Å². The van der Waals surface area contributed by atoms with E-state index in [1.165, 1.54) is 43.6 Å². The molecule has 2 aliphatic rings. The van der Waals surface area contributed by atoms with E-state index in [2.05, 4.69) is 25.8 Å². The molecule has 1 aliphatic carbocycles. The highest BCUT2D eigenvalue weighted by atomic mass is 79.9. The molecule has 1 fully saturated rings. The maximum atomic E-state index is 4.78. The molecule has 2 heterocycles. The summed E-state index contributed by atoms with van der Waals surface area (Å²) in [5.41, 5.74) is 1.76. The largest absolute Gasteiger partial charge is 0.330 e. The lowest BCUT2D eigenvalue weighted by Crippen LogP contribution is -2.28. The molecular formula is C12H18BrN3. The van der Waals surface area contributed by atoms with Crippen molar-refractivity contribution >= 4 is 15.9 Å². The number of hydrogen-bond acceptors (Lipinski definition) is 2. The number of imidazole rings is 1. The highest BCUT2D eigenvalue weighted by Gasteiger charge is 2.48. The smallest absolute Gasteiger partial charge is 0.127 e. The zero-order valence-corrected chi connectivity index (χ0v) is 11.3. The van der Waals surface area contributed by atoms with Crippen LogP contribution in [0.1, 0.15) is 37.2 Å². The lowest BCUT2D eigenvalue weighted by molar-refractivity contribution is 0.476. The molecule has 0 atom stereocenters. The van der Waals surface area contributed by atoms with E-state index in [0.717, 1.165) is 17.7 Å². The van der Waals surface area contributed by atoms with Crippen LogP contribution in [0.2, 0.25) is 0 Å². The van der Waals surface area contributed by atoms with Gasteiger partial charge in [-0.25, -0.2) is 4.98 Å². The van der Waals surface area contributed by atoms with E-state index in [1.54, 1.807) is 0 Å². The summed E-state index contributed by atoms with van der Waals surface area (Å²) in [5.74, 6) is 1.32. The van der Waals surface area contributed by atoms with Crippen molar-refractivity contribution in [2.75, 3.05) is 13.6 Å². The van der Waals surface area contributed by atoms with Gasteiger partial charge in [-0.05, 0) is 55.1 Å². The third kappa shape index (κ3) is 1.54. The molecule has 3 nitrogen and oxygen atoms in total. The number of hydrogen-bond donors (Lipinski definition) is 1. The first-order chi connectivity index (χ1) is 7.77. The van der Waals surface area contributed by atoms with E-state index < -0.39 is 0 Å². The number of likely N-dealkylation sites (N-methyl/N-ethyl adjacent to an activating group) is 1. The van der Waals surface area contributed by atoms with Crippen LogP contribution in [-0.4, -0.2) is 23.1 Å². The van der Waals surface area contributed by atoms with Crippen molar-refractivity contribution in [3.63, 3.8) is 0 Å². The number of nitrogens with one attached hydrogen (secondary N) is 1. The average molecular weight is 284 g/mol. The topological polar surface area (TPSA) is 29.9 Å². The summed E-state index contributed by atoms with van der Waals surface area (Å²) in [6.45, 7) is 2.23. The Morgan fingerprint density at radius 2 is 2.25 bits per heavy atom. The van der Waals surface area contributed by atoms with Crippen LogP contribution in [0.25, 0.3) is 0 Å². The monoisotopic (exact) mass is 283 g/mol. The van der Waals surface area contributed by atoms with Crippen molar-refractivity contribution in [2.24, 2.45) is 0 Å². The SMILES string of the molecule is CNCC1(c2nc(Br)c3n2CCCC3)CC1. The average Bonchev–Trinajstić information content (AvgIpc) is 2.99. The molecule has 0 amide bonds. The minimum atomic E-state index is 0.340. The summed E-state index contributed by atoms with van der Waals surface area (Å²) in [4.78, 5) is 4.78. The van der Waals surface area contributed by atoms with E-state index in [0.29, 0.717) is 5.41 Å². The molecule has 1 saturated carbocycles. The summed E-state index contributed by atoms with van der Waals surface area (Å²) in [6, 6.07) is 0. The van der Waals surface area contributed by atoms with Crippen LogP contribution < -0.4 is 5.32 Å².